The Balaban J connectivity index is 1.09. The number of nitrogens with zero attached hydrogens (tertiary/aromatic N) is 7. The highest BCUT2D eigenvalue weighted by Gasteiger charge is 2.20. The van der Waals surface area contributed by atoms with Crippen LogP contribution < -0.4 is 15.5 Å². The zero-order chi connectivity index (χ0) is 22.2. The summed E-state index contributed by atoms with van der Waals surface area (Å²) in [6.45, 7) is 6.00. The molecule has 1 saturated heterocycles. The molecule has 3 aromatic rings. The molecule has 3 aliphatic rings. The van der Waals surface area contributed by atoms with Gasteiger partial charge >= 0.3 is 0 Å². The maximum Gasteiger partial charge on any atom is 0.247 e. The zero-order valence-electron chi connectivity index (χ0n) is 18.1. The molecule has 6 rings (SSSR count). The molecule has 33 heavy (non-hydrogen) atoms. The van der Waals surface area contributed by atoms with Crippen LogP contribution in [0.1, 0.15) is 11.4 Å². The number of fused-ring (bicyclic) bond motifs is 2. The van der Waals surface area contributed by atoms with Crippen molar-refractivity contribution in [1.29, 1.82) is 0 Å². The molecule has 0 unspecified atom stereocenters. The van der Waals surface area contributed by atoms with Gasteiger partial charge in [0, 0.05) is 49.6 Å². The molecule has 11 nitrogen and oxygen atoms in total. The van der Waals surface area contributed by atoms with E-state index in [9.17, 15) is 4.79 Å². The van der Waals surface area contributed by atoms with Gasteiger partial charge < -0.3 is 20.3 Å². The van der Waals surface area contributed by atoms with Crippen molar-refractivity contribution in [1.82, 2.24) is 29.4 Å². The Morgan fingerprint density at radius 2 is 2.06 bits per heavy atom. The Labute approximate surface area is 190 Å². The van der Waals surface area contributed by atoms with Gasteiger partial charge in [0.25, 0.3) is 0 Å². The van der Waals surface area contributed by atoms with Gasteiger partial charge in [0.2, 0.25) is 11.9 Å². The molecule has 3 aliphatic heterocycles. The molecule has 1 aromatic carbocycles. The van der Waals surface area contributed by atoms with Gasteiger partial charge in [0.1, 0.15) is 0 Å². The second kappa shape index (κ2) is 8.34. The summed E-state index contributed by atoms with van der Waals surface area (Å²) >= 11 is 0. The second-order valence-electron chi connectivity index (χ2n) is 8.36. The quantitative estimate of drug-likeness (QED) is 0.586. The average Bonchev–Trinajstić information content (AvgIpc) is 3.54. The molecule has 2 N–H and O–H groups in total. The maximum atomic E-state index is 11.6. The van der Waals surface area contributed by atoms with Crippen molar-refractivity contribution in [2.75, 3.05) is 48.4 Å². The van der Waals surface area contributed by atoms with Crippen LogP contribution in [0.4, 0.5) is 23.0 Å². The molecule has 0 atom stereocenters. The number of ether oxygens (including phenoxy) is 1. The molecule has 11 heteroatoms. The first-order valence-electron chi connectivity index (χ1n) is 11.1. The summed E-state index contributed by atoms with van der Waals surface area (Å²) in [5.41, 5.74) is 3.72. The van der Waals surface area contributed by atoms with E-state index < -0.39 is 0 Å². The highest BCUT2D eigenvalue weighted by molar-refractivity contribution is 5.99. The van der Waals surface area contributed by atoms with E-state index in [1.807, 2.05) is 41.5 Å². The summed E-state index contributed by atoms with van der Waals surface area (Å²) in [4.78, 5) is 20.7. The van der Waals surface area contributed by atoms with E-state index in [-0.39, 0.29) is 5.91 Å². The number of anilines is 4. The number of aromatic nitrogens is 5. The first kappa shape index (κ1) is 19.9. The van der Waals surface area contributed by atoms with Crippen LogP contribution >= 0.6 is 0 Å². The topological polar surface area (TPSA) is 105 Å². The standard InChI is InChI=1S/C22H25N9O2/c32-21-12-16-11-17(1-2-19(16)25-21)24-22-26-20-15-29(4-6-31(20)27-22)18-13-23-30(14-18)5-3-28-7-9-33-10-8-28/h1-2,4,6,11,13-14H,3,5,7-10,12,15H2,(H,24,27)(H,25,32). The van der Waals surface area contributed by atoms with Gasteiger partial charge in [-0.05, 0) is 23.8 Å². The Hall–Kier alpha value is -3.70. The third-order valence-corrected chi connectivity index (χ3v) is 6.09. The molecule has 1 fully saturated rings. The minimum absolute atomic E-state index is 0.0207. The first-order valence-corrected chi connectivity index (χ1v) is 11.1. The number of carbonyl (C=O) groups is 1. The summed E-state index contributed by atoms with van der Waals surface area (Å²) in [6.07, 6.45) is 8.23. The molecule has 0 aliphatic carbocycles. The minimum Gasteiger partial charge on any atom is -0.379 e. The summed E-state index contributed by atoms with van der Waals surface area (Å²) in [6, 6.07) is 5.77. The van der Waals surface area contributed by atoms with E-state index in [0.29, 0.717) is 18.9 Å². The molecule has 0 spiro atoms. The van der Waals surface area contributed by atoms with Gasteiger partial charge in [-0.1, -0.05) is 0 Å². The van der Waals surface area contributed by atoms with Crippen molar-refractivity contribution >= 4 is 35.1 Å². The number of morpholine rings is 1. The lowest BCUT2D eigenvalue weighted by Crippen LogP contribution is -2.38. The SMILES string of the molecule is O=C1Cc2cc(Nc3nc4n(n3)C=CN(c3cnn(CCN5CCOCC5)c3)C4)ccc2N1. The Kier molecular flexibility index (Phi) is 5.04. The van der Waals surface area contributed by atoms with Gasteiger partial charge in [-0.2, -0.15) is 10.1 Å². The lowest BCUT2D eigenvalue weighted by molar-refractivity contribution is -0.115. The van der Waals surface area contributed by atoms with Gasteiger partial charge in [-0.15, -0.1) is 5.10 Å². The fourth-order valence-electron chi connectivity index (χ4n) is 4.29. The van der Waals surface area contributed by atoms with Gasteiger partial charge in [0.15, 0.2) is 5.82 Å². The van der Waals surface area contributed by atoms with Crippen molar-refractivity contribution in [3.05, 3.63) is 48.2 Å². The third kappa shape index (κ3) is 4.20. The minimum atomic E-state index is 0.0207. The number of hydrogen-bond donors (Lipinski definition) is 2. The van der Waals surface area contributed by atoms with Crippen molar-refractivity contribution in [3.8, 4) is 0 Å². The monoisotopic (exact) mass is 447 g/mol. The molecule has 0 saturated carbocycles. The number of amides is 1. The number of hydrogen-bond acceptors (Lipinski definition) is 8. The molecule has 5 heterocycles. The summed E-state index contributed by atoms with van der Waals surface area (Å²) in [5, 5.41) is 15.1. The van der Waals surface area contributed by atoms with Crippen LogP contribution in [0.3, 0.4) is 0 Å². The van der Waals surface area contributed by atoms with Crippen LogP contribution in [0, 0.1) is 0 Å². The molecular weight excluding hydrogens is 422 g/mol. The van der Waals surface area contributed by atoms with Crippen molar-refractivity contribution in [2.24, 2.45) is 0 Å². The maximum absolute atomic E-state index is 11.6. The summed E-state index contributed by atoms with van der Waals surface area (Å²) in [5.74, 6) is 1.38. The highest BCUT2D eigenvalue weighted by atomic mass is 16.5. The predicted molar refractivity (Wildman–Crippen MR) is 123 cm³/mol. The first-order chi connectivity index (χ1) is 16.2. The Morgan fingerprint density at radius 3 is 2.97 bits per heavy atom. The van der Waals surface area contributed by atoms with Crippen molar-refractivity contribution < 1.29 is 9.53 Å². The van der Waals surface area contributed by atoms with E-state index in [1.54, 1.807) is 4.68 Å². The Bertz CT molecular complexity index is 1210. The third-order valence-electron chi connectivity index (χ3n) is 6.09. The predicted octanol–water partition coefficient (Wildman–Crippen LogP) is 1.49. The van der Waals surface area contributed by atoms with E-state index in [4.69, 9.17) is 4.74 Å². The van der Waals surface area contributed by atoms with Crippen molar-refractivity contribution in [3.63, 3.8) is 0 Å². The van der Waals surface area contributed by atoms with Crippen LogP contribution in [0.5, 0.6) is 0 Å². The van der Waals surface area contributed by atoms with Crippen molar-refractivity contribution in [2.45, 2.75) is 19.5 Å². The molecule has 2 aromatic heterocycles. The second-order valence-corrected chi connectivity index (χ2v) is 8.36. The number of rotatable bonds is 6. The summed E-state index contributed by atoms with van der Waals surface area (Å²) < 4.78 is 9.17. The zero-order valence-corrected chi connectivity index (χ0v) is 18.1. The van der Waals surface area contributed by atoms with E-state index in [1.165, 1.54) is 0 Å². The number of nitrogens with one attached hydrogen (secondary N) is 2. The highest BCUT2D eigenvalue weighted by Crippen LogP contribution is 2.28. The normalized spacial score (nSPS) is 17.7. The number of carbonyl (C=O) groups excluding carboxylic acids is 1. The van der Waals surface area contributed by atoms with Gasteiger partial charge in [0.05, 0.1) is 44.6 Å². The van der Waals surface area contributed by atoms with Crippen LogP contribution in [0.25, 0.3) is 6.20 Å². The fraction of sp³-hybridized carbons (Fsp3) is 0.364. The van der Waals surface area contributed by atoms with Crippen LogP contribution in [-0.2, 0) is 29.0 Å². The molecule has 0 radical (unpaired) electrons. The average molecular weight is 448 g/mol. The van der Waals surface area contributed by atoms with Gasteiger partial charge in [-0.25, -0.2) is 4.68 Å². The molecule has 170 valence electrons. The van der Waals surface area contributed by atoms with E-state index >= 15 is 0 Å². The fourth-order valence-corrected chi connectivity index (χ4v) is 4.29. The smallest absolute Gasteiger partial charge is 0.247 e. The molecule has 0 bridgehead atoms. The Morgan fingerprint density at radius 1 is 1.15 bits per heavy atom. The lowest BCUT2D eigenvalue weighted by atomic mass is 10.1. The van der Waals surface area contributed by atoms with Crippen LogP contribution in [-0.4, -0.2) is 68.2 Å². The van der Waals surface area contributed by atoms with E-state index in [2.05, 4.69) is 41.8 Å². The summed E-state index contributed by atoms with van der Waals surface area (Å²) in [7, 11) is 0. The molecular formula is C22H25N9O2. The number of benzene rings is 1. The van der Waals surface area contributed by atoms with Gasteiger partial charge in [-0.3, -0.25) is 14.4 Å². The van der Waals surface area contributed by atoms with Crippen LogP contribution in [0.15, 0.2) is 36.8 Å². The largest absolute Gasteiger partial charge is 0.379 e. The lowest BCUT2D eigenvalue weighted by Gasteiger charge is -2.26. The molecule has 1 amide bonds. The van der Waals surface area contributed by atoms with E-state index in [0.717, 1.165) is 67.8 Å². The van der Waals surface area contributed by atoms with Crippen LogP contribution in [0.2, 0.25) is 0 Å².